The number of carbonyl (C=O) groups is 1. The molecule has 4 heteroatoms. The van der Waals surface area contributed by atoms with E-state index in [4.69, 9.17) is 14.2 Å². The highest BCUT2D eigenvalue weighted by Crippen LogP contribution is 1.95. The minimum Gasteiger partial charge on any atom is -0.499 e. The molecule has 86 valence electrons. The molecule has 0 amide bonds. The van der Waals surface area contributed by atoms with E-state index in [1.165, 1.54) is 6.26 Å². The largest absolute Gasteiger partial charge is 0.499 e. The Morgan fingerprint density at radius 3 is 2.67 bits per heavy atom. The van der Waals surface area contributed by atoms with Crippen molar-refractivity contribution in [2.75, 3.05) is 19.8 Å². The lowest BCUT2D eigenvalue weighted by Gasteiger charge is -2.12. The lowest BCUT2D eigenvalue weighted by Crippen LogP contribution is -2.18. The molecule has 1 unspecified atom stereocenters. The van der Waals surface area contributed by atoms with Crippen LogP contribution in [0.25, 0.3) is 0 Å². The van der Waals surface area contributed by atoms with Gasteiger partial charge in [-0.15, -0.1) is 0 Å². The first-order valence-electron chi connectivity index (χ1n) is 4.74. The summed E-state index contributed by atoms with van der Waals surface area (Å²) in [6.07, 6.45) is 1.31. The number of ether oxygens (including phenoxy) is 3. The summed E-state index contributed by atoms with van der Waals surface area (Å²) in [5, 5.41) is 0. The van der Waals surface area contributed by atoms with Crippen LogP contribution in [0, 0.1) is 0 Å². The fraction of sp³-hybridized carbons (Fsp3) is 0.545. The third kappa shape index (κ3) is 7.76. The summed E-state index contributed by atoms with van der Waals surface area (Å²) in [6, 6.07) is 0. The molecule has 0 aromatic heterocycles. The Morgan fingerprint density at radius 2 is 2.13 bits per heavy atom. The highest BCUT2D eigenvalue weighted by Gasteiger charge is 2.04. The molecule has 0 N–H and O–H groups in total. The van der Waals surface area contributed by atoms with Gasteiger partial charge < -0.3 is 14.2 Å². The van der Waals surface area contributed by atoms with Gasteiger partial charge in [0.2, 0.25) is 0 Å². The average Bonchev–Trinajstić information content (AvgIpc) is 2.20. The zero-order chi connectivity index (χ0) is 11.7. The summed E-state index contributed by atoms with van der Waals surface area (Å²) in [5.74, 6) is -0.395. The van der Waals surface area contributed by atoms with Gasteiger partial charge >= 0.3 is 5.97 Å². The molecule has 0 rings (SSSR count). The standard InChI is InChI=1S/C11H18O4/c1-5-13-8-10(4)14-6-7-15-11(12)9(2)3/h5,10H,1-2,6-8H2,3-4H3. The molecule has 0 bridgehead atoms. The lowest BCUT2D eigenvalue weighted by molar-refractivity contribution is -0.141. The lowest BCUT2D eigenvalue weighted by atomic mass is 10.4. The van der Waals surface area contributed by atoms with E-state index in [2.05, 4.69) is 13.2 Å². The minimum atomic E-state index is -0.395. The molecule has 0 saturated heterocycles. The molecule has 1 atom stereocenters. The predicted octanol–water partition coefficient (Wildman–Crippen LogP) is 1.67. The van der Waals surface area contributed by atoms with E-state index < -0.39 is 5.97 Å². The van der Waals surface area contributed by atoms with Crippen LogP contribution in [-0.4, -0.2) is 31.9 Å². The Morgan fingerprint density at radius 1 is 1.47 bits per heavy atom. The molecule has 0 radical (unpaired) electrons. The maximum Gasteiger partial charge on any atom is 0.333 e. The molecule has 0 aromatic rings. The second-order valence-electron chi connectivity index (χ2n) is 3.10. The van der Waals surface area contributed by atoms with Gasteiger partial charge in [-0.05, 0) is 13.8 Å². The van der Waals surface area contributed by atoms with Crippen LogP contribution in [0.5, 0.6) is 0 Å². The number of esters is 1. The fourth-order valence-corrected chi connectivity index (χ4v) is 0.759. The number of carbonyl (C=O) groups excluding carboxylic acids is 1. The van der Waals surface area contributed by atoms with Crippen LogP contribution >= 0.6 is 0 Å². The quantitative estimate of drug-likeness (QED) is 0.267. The van der Waals surface area contributed by atoms with E-state index in [1.807, 2.05) is 6.92 Å². The van der Waals surface area contributed by atoms with Crippen LogP contribution in [0.1, 0.15) is 13.8 Å². The van der Waals surface area contributed by atoms with Crippen LogP contribution in [0.2, 0.25) is 0 Å². The van der Waals surface area contributed by atoms with Crippen molar-refractivity contribution in [3.05, 3.63) is 25.0 Å². The summed E-state index contributed by atoms with van der Waals surface area (Å²) >= 11 is 0. The Bertz CT molecular complexity index is 223. The summed E-state index contributed by atoms with van der Waals surface area (Å²) < 4.78 is 15.1. The van der Waals surface area contributed by atoms with Crippen LogP contribution < -0.4 is 0 Å². The summed E-state index contributed by atoms with van der Waals surface area (Å²) in [6.45, 7) is 11.4. The van der Waals surface area contributed by atoms with Gasteiger partial charge in [0.15, 0.2) is 0 Å². The fourth-order valence-electron chi connectivity index (χ4n) is 0.759. The molecule has 0 aromatic carbocycles. The van der Waals surface area contributed by atoms with E-state index in [1.54, 1.807) is 6.92 Å². The van der Waals surface area contributed by atoms with Crippen LogP contribution in [0.15, 0.2) is 25.0 Å². The molecular formula is C11H18O4. The molecular weight excluding hydrogens is 196 g/mol. The normalized spacial score (nSPS) is 11.6. The Labute approximate surface area is 90.5 Å². The van der Waals surface area contributed by atoms with Gasteiger partial charge in [0.1, 0.15) is 13.2 Å². The molecule has 0 aliphatic carbocycles. The van der Waals surface area contributed by atoms with Gasteiger partial charge in [-0.3, -0.25) is 0 Å². The van der Waals surface area contributed by atoms with Gasteiger partial charge in [0, 0.05) is 5.57 Å². The van der Waals surface area contributed by atoms with Crippen LogP contribution in [0.4, 0.5) is 0 Å². The highest BCUT2D eigenvalue weighted by molar-refractivity contribution is 5.86. The predicted molar refractivity (Wildman–Crippen MR) is 57.3 cm³/mol. The zero-order valence-electron chi connectivity index (χ0n) is 9.32. The molecule has 0 spiro atoms. The van der Waals surface area contributed by atoms with Gasteiger partial charge in [-0.1, -0.05) is 13.2 Å². The van der Waals surface area contributed by atoms with Crippen molar-refractivity contribution in [1.82, 2.24) is 0 Å². The van der Waals surface area contributed by atoms with Crippen molar-refractivity contribution >= 4 is 5.97 Å². The number of hydrogen-bond acceptors (Lipinski definition) is 4. The maximum absolute atomic E-state index is 10.9. The van der Waals surface area contributed by atoms with Crippen molar-refractivity contribution in [1.29, 1.82) is 0 Å². The average molecular weight is 214 g/mol. The van der Waals surface area contributed by atoms with Crippen molar-refractivity contribution < 1.29 is 19.0 Å². The second kappa shape index (κ2) is 8.05. The monoisotopic (exact) mass is 214 g/mol. The van der Waals surface area contributed by atoms with Crippen molar-refractivity contribution in [2.24, 2.45) is 0 Å². The number of rotatable bonds is 8. The SMILES string of the molecule is C=COCC(C)OCCOC(=O)C(=C)C. The van der Waals surface area contributed by atoms with Gasteiger partial charge in [0.05, 0.1) is 19.0 Å². The van der Waals surface area contributed by atoms with Gasteiger partial charge in [-0.2, -0.15) is 0 Å². The molecule has 0 saturated carbocycles. The van der Waals surface area contributed by atoms with Crippen LogP contribution in [-0.2, 0) is 19.0 Å². The topological polar surface area (TPSA) is 44.8 Å². The molecule has 0 aliphatic rings. The van der Waals surface area contributed by atoms with E-state index >= 15 is 0 Å². The van der Waals surface area contributed by atoms with Crippen molar-refractivity contribution in [2.45, 2.75) is 20.0 Å². The molecule has 0 aliphatic heterocycles. The number of hydrogen-bond donors (Lipinski definition) is 0. The first kappa shape index (κ1) is 13.7. The Hall–Kier alpha value is -1.29. The van der Waals surface area contributed by atoms with Gasteiger partial charge in [0.25, 0.3) is 0 Å². The molecule has 0 heterocycles. The third-order valence-electron chi connectivity index (χ3n) is 1.52. The van der Waals surface area contributed by atoms with E-state index in [-0.39, 0.29) is 12.7 Å². The zero-order valence-corrected chi connectivity index (χ0v) is 9.32. The van der Waals surface area contributed by atoms with E-state index in [9.17, 15) is 4.79 Å². The third-order valence-corrected chi connectivity index (χ3v) is 1.52. The molecule has 15 heavy (non-hydrogen) atoms. The highest BCUT2D eigenvalue weighted by atomic mass is 16.6. The van der Waals surface area contributed by atoms with Crippen molar-refractivity contribution in [3.63, 3.8) is 0 Å². The van der Waals surface area contributed by atoms with E-state index in [0.717, 1.165) is 0 Å². The second-order valence-corrected chi connectivity index (χ2v) is 3.10. The first-order valence-corrected chi connectivity index (χ1v) is 4.74. The minimum absolute atomic E-state index is 0.0495. The van der Waals surface area contributed by atoms with Gasteiger partial charge in [-0.25, -0.2) is 4.79 Å². The maximum atomic E-state index is 10.9. The van der Waals surface area contributed by atoms with Crippen molar-refractivity contribution in [3.8, 4) is 0 Å². The summed E-state index contributed by atoms with van der Waals surface area (Å²) in [7, 11) is 0. The van der Waals surface area contributed by atoms with Crippen LogP contribution in [0.3, 0.4) is 0 Å². The first-order chi connectivity index (χ1) is 7.07. The van der Waals surface area contributed by atoms with E-state index in [0.29, 0.717) is 18.8 Å². The summed E-state index contributed by atoms with van der Waals surface area (Å²) in [5.41, 5.74) is 0.387. The smallest absolute Gasteiger partial charge is 0.333 e. The Balaban J connectivity index is 3.41. The molecule has 0 fully saturated rings. The summed E-state index contributed by atoms with van der Waals surface area (Å²) in [4.78, 5) is 10.9. The Kier molecular flexibility index (Phi) is 7.36. The molecule has 4 nitrogen and oxygen atoms in total.